The van der Waals surface area contributed by atoms with Crippen LogP contribution in [0.15, 0.2) is 71.2 Å². The number of nitrogens with one attached hydrogen (secondary N) is 1. The van der Waals surface area contributed by atoms with Gasteiger partial charge in [0.1, 0.15) is 11.6 Å². The van der Waals surface area contributed by atoms with Crippen LogP contribution in [-0.2, 0) is 26.9 Å². The van der Waals surface area contributed by atoms with Gasteiger partial charge in [-0.25, -0.2) is 13.2 Å². The Balaban J connectivity index is 1.68. The van der Waals surface area contributed by atoms with Crippen LogP contribution in [0.5, 0.6) is 0 Å². The minimum atomic E-state index is -3.63. The van der Waals surface area contributed by atoms with E-state index in [1.165, 1.54) is 24.3 Å². The first-order valence-electron chi connectivity index (χ1n) is 9.78. The number of anilines is 1. The molecule has 0 aliphatic rings. The predicted molar refractivity (Wildman–Crippen MR) is 125 cm³/mol. The maximum absolute atomic E-state index is 12.8. The Hall–Kier alpha value is -3.44. The summed E-state index contributed by atoms with van der Waals surface area (Å²) in [4.78, 5) is 23.4. The molecule has 0 radical (unpaired) electrons. The van der Waals surface area contributed by atoms with Gasteiger partial charge in [0.25, 0.3) is 0 Å². The maximum atomic E-state index is 12.8. The standard InChI is InChI=1S/C22H22N4O5S2/c1-3-12-26-19(14-33(30,31)18-10-4-15(2)5-11-18)24-25-22(26)32-13-20(27)23-17-8-6-16(7-9-17)21(28)29/h3-11H,1,12-14H2,2H3,(H,23,27)(H,28,29). The molecule has 11 heteroatoms. The van der Waals surface area contributed by atoms with Gasteiger partial charge in [0.15, 0.2) is 15.0 Å². The maximum Gasteiger partial charge on any atom is 0.335 e. The molecule has 0 aliphatic carbocycles. The van der Waals surface area contributed by atoms with Crippen molar-refractivity contribution >= 4 is 39.2 Å². The first-order chi connectivity index (χ1) is 15.7. The number of rotatable bonds is 10. The number of carboxylic acid groups (broad SMARTS) is 1. The molecule has 2 aromatic carbocycles. The molecule has 3 aromatic rings. The lowest BCUT2D eigenvalue weighted by Crippen LogP contribution is -2.15. The van der Waals surface area contributed by atoms with Crippen LogP contribution in [0.2, 0.25) is 0 Å². The van der Waals surface area contributed by atoms with Crippen LogP contribution >= 0.6 is 11.8 Å². The van der Waals surface area contributed by atoms with Crippen LogP contribution in [0.1, 0.15) is 21.7 Å². The summed E-state index contributed by atoms with van der Waals surface area (Å²) in [7, 11) is -3.63. The lowest BCUT2D eigenvalue weighted by molar-refractivity contribution is -0.113. The number of aromatic carboxylic acids is 1. The summed E-state index contributed by atoms with van der Waals surface area (Å²) in [5.41, 5.74) is 1.54. The molecule has 2 N–H and O–H groups in total. The van der Waals surface area contributed by atoms with Crippen molar-refractivity contribution in [1.82, 2.24) is 14.8 Å². The molecule has 0 spiro atoms. The van der Waals surface area contributed by atoms with Crippen molar-refractivity contribution in [2.45, 2.75) is 29.3 Å². The topological polar surface area (TPSA) is 131 Å². The Bertz CT molecular complexity index is 1270. The number of sulfone groups is 1. The van der Waals surface area contributed by atoms with Gasteiger partial charge in [-0.1, -0.05) is 35.5 Å². The molecule has 0 saturated heterocycles. The van der Waals surface area contributed by atoms with Crippen LogP contribution in [-0.4, -0.2) is 45.9 Å². The van der Waals surface area contributed by atoms with Crippen LogP contribution in [0.3, 0.4) is 0 Å². The van der Waals surface area contributed by atoms with Gasteiger partial charge in [0.2, 0.25) is 5.91 Å². The van der Waals surface area contributed by atoms with E-state index in [9.17, 15) is 18.0 Å². The van der Waals surface area contributed by atoms with Gasteiger partial charge in [-0.15, -0.1) is 16.8 Å². The number of aryl methyl sites for hydroxylation is 1. The summed E-state index contributed by atoms with van der Waals surface area (Å²) < 4.78 is 27.2. The van der Waals surface area contributed by atoms with Crippen molar-refractivity contribution < 1.29 is 23.1 Å². The van der Waals surface area contributed by atoms with E-state index < -0.39 is 15.8 Å². The smallest absolute Gasteiger partial charge is 0.335 e. The number of amides is 1. The quantitative estimate of drug-likeness (QED) is 0.330. The molecule has 33 heavy (non-hydrogen) atoms. The fraction of sp³-hybridized carbons (Fsp3) is 0.182. The SMILES string of the molecule is C=CCn1c(CS(=O)(=O)c2ccc(C)cc2)nnc1SCC(=O)Nc1ccc(C(=O)O)cc1. The van der Waals surface area contributed by atoms with Gasteiger partial charge in [-0.05, 0) is 43.3 Å². The van der Waals surface area contributed by atoms with E-state index in [-0.39, 0.29) is 40.2 Å². The monoisotopic (exact) mass is 486 g/mol. The molecular formula is C22H22N4O5S2. The highest BCUT2D eigenvalue weighted by Crippen LogP contribution is 2.22. The lowest BCUT2D eigenvalue weighted by atomic mass is 10.2. The third kappa shape index (κ3) is 6.30. The summed E-state index contributed by atoms with van der Waals surface area (Å²) in [5, 5.41) is 20.1. The number of carbonyl (C=O) groups excluding carboxylic acids is 1. The molecule has 0 fully saturated rings. The second kappa shape index (κ2) is 10.5. The predicted octanol–water partition coefficient (Wildman–Crippen LogP) is 3.18. The highest BCUT2D eigenvalue weighted by molar-refractivity contribution is 7.99. The normalized spacial score (nSPS) is 11.2. The molecule has 172 valence electrons. The third-order valence-electron chi connectivity index (χ3n) is 4.55. The van der Waals surface area contributed by atoms with E-state index in [1.807, 2.05) is 6.92 Å². The number of carboxylic acids is 1. The third-order valence-corrected chi connectivity index (χ3v) is 7.15. The second-order valence-electron chi connectivity index (χ2n) is 7.09. The Labute approximate surface area is 195 Å². The van der Waals surface area contributed by atoms with Gasteiger partial charge < -0.3 is 15.0 Å². The number of aromatic nitrogens is 3. The van der Waals surface area contributed by atoms with E-state index in [2.05, 4.69) is 22.1 Å². The Kier molecular flexibility index (Phi) is 7.67. The van der Waals surface area contributed by atoms with Crippen LogP contribution in [0.25, 0.3) is 0 Å². The van der Waals surface area contributed by atoms with E-state index in [1.54, 1.807) is 34.9 Å². The first kappa shape index (κ1) is 24.2. The van der Waals surface area contributed by atoms with Gasteiger partial charge in [0.05, 0.1) is 16.2 Å². The van der Waals surface area contributed by atoms with Crippen molar-refractivity contribution in [2.75, 3.05) is 11.1 Å². The highest BCUT2D eigenvalue weighted by Gasteiger charge is 2.21. The molecule has 0 unspecified atom stereocenters. The van der Waals surface area contributed by atoms with E-state index in [0.29, 0.717) is 10.8 Å². The number of nitrogens with zero attached hydrogens (tertiary/aromatic N) is 3. The fourth-order valence-electron chi connectivity index (χ4n) is 2.87. The second-order valence-corrected chi connectivity index (χ2v) is 10.0. The van der Waals surface area contributed by atoms with E-state index >= 15 is 0 Å². The average Bonchev–Trinajstić information content (AvgIpc) is 3.14. The molecule has 0 saturated carbocycles. The van der Waals surface area contributed by atoms with Crippen LogP contribution < -0.4 is 5.32 Å². The van der Waals surface area contributed by atoms with Crippen LogP contribution in [0.4, 0.5) is 5.69 Å². The number of carbonyl (C=O) groups is 2. The number of allylic oxidation sites excluding steroid dienone is 1. The first-order valence-corrected chi connectivity index (χ1v) is 12.4. The zero-order chi connectivity index (χ0) is 24.0. The minimum Gasteiger partial charge on any atom is -0.478 e. The number of benzene rings is 2. The van der Waals surface area contributed by atoms with Crippen molar-refractivity contribution in [3.05, 3.63) is 78.1 Å². The minimum absolute atomic E-state index is 0.000665. The average molecular weight is 487 g/mol. The molecular weight excluding hydrogens is 464 g/mol. The van der Waals surface area contributed by atoms with Crippen LogP contribution in [0, 0.1) is 6.92 Å². The fourth-order valence-corrected chi connectivity index (χ4v) is 4.90. The van der Waals surface area contributed by atoms with Gasteiger partial charge in [-0.2, -0.15) is 0 Å². The summed E-state index contributed by atoms with van der Waals surface area (Å²) in [6, 6.07) is 12.4. The summed E-state index contributed by atoms with van der Waals surface area (Å²) in [6.07, 6.45) is 1.60. The van der Waals surface area contributed by atoms with Crippen molar-refractivity contribution in [1.29, 1.82) is 0 Å². The number of hydrogen-bond donors (Lipinski definition) is 2. The number of hydrogen-bond acceptors (Lipinski definition) is 7. The van der Waals surface area contributed by atoms with Gasteiger partial charge in [0, 0.05) is 12.2 Å². The lowest BCUT2D eigenvalue weighted by Gasteiger charge is -2.09. The molecule has 0 atom stereocenters. The summed E-state index contributed by atoms with van der Waals surface area (Å²) >= 11 is 1.11. The van der Waals surface area contributed by atoms with Crippen molar-refractivity contribution in [2.24, 2.45) is 0 Å². The molecule has 1 amide bonds. The zero-order valence-corrected chi connectivity index (χ0v) is 19.4. The summed E-state index contributed by atoms with van der Waals surface area (Å²) in [6.45, 7) is 5.86. The number of thioether (sulfide) groups is 1. The largest absolute Gasteiger partial charge is 0.478 e. The van der Waals surface area contributed by atoms with E-state index in [0.717, 1.165) is 17.3 Å². The van der Waals surface area contributed by atoms with Crippen molar-refractivity contribution in [3.63, 3.8) is 0 Å². The van der Waals surface area contributed by atoms with Gasteiger partial charge >= 0.3 is 5.97 Å². The summed E-state index contributed by atoms with van der Waals surface area (Å²) in [5.74, 6) is -1.46. The Morgan fingerprint density at radius 3 is 2.39 bits per heavy atom. The zero-order valence-electron chi connectivity index (χ0n) is 17.8. The van der Waals surface area contributed by atoms with Crippen molar-refractivity contribution in [3.8, 4) is 0 Å². The Morgan fingerprint density at radius 1 is 1.12 bits per heavy atom. The molecule has 9 nitrogen and oxygen atoms in total. The molecule has 1 aromatic heterocycles. The van der Waals surface area contributed by atoms with E-state index in [4.69, 9.17) is 5.11 Å². The highest BCUT2D eigenvalue weighted by atomic mass is 32.2. The Morgan fingerprint density at radius 2 is 1.79 bits per heavy atom. The molecule has 0 aliphatic heterocycles. The molecule has 0 bridgehead atoms. The molecule has 3 rings (SSSR count). The van der Waals surface area contributed by atoms with Gasteiger partial charge in [-0.3, -0.25) is 4.79 Å². The molecule has 1 heterocycles.